The average Bonchev–Trinajstić information content (AvgIpc) is 3.23. The van der Waals surface area contributed by atoms with Gasteiger partial charge in [0.15, 0.2) is 0 Å². The van der Waals surface area contributed by atoms with Crippen molar-refractivity contribution >= 4 is 40.4 Å². The zero-order valence-electron chi connectivity index (χ0n) is 20.7. The number of aromatic amines is 1. The first-order valence-corrected chi connectivity index (χ1v) is 12.3. The fourth-order valence-electron chi connectivity index (χ4n) is 4.28. The van der Waals surface area contributed by atoms with Crippen LogP contribution in [0.1, 0.15) is 39.7 Å². The molecule has 0 atom stereocenters. The van der Waals surface area contributed by atoms with Crippen LogP contribution in [0.15, 0.2) is 36.7 Å². The third kappa shape index (κ3) is 5.53. The number of urea groups is 1. The second-order valence-electron chi connectivity index (χ2n) is 9.63. The molecule has 8 nitrogen and oxygen atoms in total. The van der Waals surface area contributed by atoms with E-state index in [-0.39, 0.29) is 6.03 Å². The highest BCUT2D eigenvalue weighted by Crippen LogP contribution is 2.36. The summed E-state index contributed by atoms with van der Waals surface area (Å²) in [4.78, 5) is 36.4. The van der Waals surface area contributed by atoms with Crippen LogP contribution in [0.25, 0.3) is 22.2 Å². The van der Waals surface area contributed by atoms with Gasteiger partial charge in [-0.2, -0.15) is 0 Å². The summed E-state index contributed by atoms with van der Waals surface area (Å²) in [5.74, 6) is 0. The van der Waals surface area contributed by atoms with Gasteiger partial charge in [0, 0.05) is 55.2 Å². The van der Waals surface area contributed by atoms with Gasteiger partial charge in [-0.3, -0.25) is 4.90 Å². The summed E-state index contributed by atoms with van der Waals surface area (Å²) >= 11 is 6.82. The molecule has 1 aliphatic heterocycles. The first kappa shape index (κ1) is 24.9. The standard InChI is InChI=1S/C26H32ClN5O3/c1-5-17-15-29-23-21(17)22(27)20(16-30-23)18-8-6-9-19(14-18)32-12-7-11-31(25(32)34)13-10-28-24(33)35-26(2,3)4/h6,8-9,14-16H,5,7,10-13H2,1-4H3,(H,28,33)(H,29,30). The van der Waals surface area contributed by atoms with Crippen molar-refractivity contribution < 1.29 is 14.3 Å². The molecule has 186 valence electrons. The van der Waals surface area contributed by atoms with Crippen LogP contribution in [0.5, 0.6) is 0 Å². The Morgan fingerprint density at radius 2 is 2.09 bits per heavy atom. The van der Waals surface area contributed by atoms with Crippen molar-refractivity contribution in [3.05, 3.63) is 47.2 Å². The molecule has 1 aromatic carbocycles. The number of carbonyl (C=O) groups is 2. The molecule has 0 bridgehead atoms. The zero-order chi connectivity index (χ0) is 25.2. The molecule has 3 amide bonds. The Labute approximate surface area is 210 Å². The third-order valence-corrected chi connectivity index (χ3v) is 6.32. The number of fused-ring (bicyclic) bond motifs is 1. The van der Waals surface area contributed by atoms with Crippen LogP contribution < -0.4 is 10.2 Å². The highest BCUT2D eigenvalue weighted by Gasteiger charge is 2.27. The monoisotopic (exact) mass is 497 g/mol. The summed E-state index contributed by atoms with van der Waals surface area (Å²) in [5, 5.41) is 4.32. The zero-order valence-corrected chi connectivity index (χ0v) is 21.4. The summed E-state index contributed by atoms with van der Waals surface area (Å²) in [6.07, 6.45) is 4.92. The lowest BCUT2D eigenvalue weighted by Crippen LogP contribution is -2.51. The minimum Gasteiger partial charge on any atom is -0.444 e. The molecular formula is C26H32ClN5O3. The van der Waals surface area contributed by atoms with Crippen molar-refractivity contribution in [1.82, 2.24) is 20.2 Å². The SMILES string of the molecule is CCc1c[nH]c2ncc(-c3cccc(N4CCCN(CCNC(=O)OC(C)(C)C)C4=O)c3)c(Cl)c12. The number of hydrogen-bond donors (Lipinski definition) is 2. The number of ether oxygens (including phenoxy) is 1. The lowest BCUT2D eigenvalue weighted by Gasteiger charge is -2.36. The van der Waals surface area contributed by atoms with E-state index < -0.39 is 11.7 Å². The average molecular weight is 498 g/mol. The summed E-state index contributed by atoms with van der Waals surface area (Å²) in [6.45, 7) is 9.54. The predicted octanol–water partition coefficient (Wildman–Crippen LogP) is 5.60. The van der Waals surface area contributed by atoms with Crippen molar-refractivity contribution in [3.8, 4) is 11.1 Å². The van der Waals surface area contributed by atoms with Gasteiger partial charge in [-0.1, -0.05) is 30.7 Å². The molecule has 1 aliphatic rings. The number of amides is 3. The number of anilines is 1. The largest absolute Gasteiger partial charge is 0.444 e. The summed E-state index contributed by atoms with van der Waals surface area (Å²) in [7, 11) is 0. The maximum absolute atomic E-state index is 13.2. The van der Waals surface area contributed by atoms with E-state index in [2.05, 4.69) is 22.2 Å². The summed E-state index contributed by atoms with van der Waals surface area (Å²) < 4.78 is 5.26. The third-order valence-electron chi connectivity index (χ3n) is 5.93. The topological polar surface area (TPSA) is 90.6 Å². The molecule has 9 heteroatoms. The Bertz CT molecular complexity index is 1230. The number of nitrogens with zero attached hydrogens (tertiary/aromatic N) is 3. The molecule has 1 fully saturated rings. The Morgan fingerprint density at radius 3 is 2.83 bits per heavy atom. The van der Waals surface area contributed by atoms with Gasteiger partial charge in [0.25, 0.3) is 0 Å². The highest BCUT2D eigenvalue weighted by molar-refractivity contribution is 6.38. The minimum atomic E-state index is -0.561. The van der Waals surface area contributed by atoms with Gasteiger partial charge in [-0.15, -0.1) is 0 Å². The van der Waals surface area contributed by atoms with E-state index in [9.17, 15) is 9.59 Å². The number of halogens is 1. The predicted molar refractivity (Wildman–Crippen MR) is 139 cm³/mol. The number of aromatic nitrogens is 2. The molecule has 35 heavy (non-hydrogen) atoms. The van der Waals surface area contributed by atoms with E-state index in [0.717, 1.165) is 46.3 Å². The molecule has 0 aliphatic carbocycles. The van der Waals surface area contributed by atoms with E-state index in [0.29, 0.717) is 31.2 Å². The number of pyridine rings is 1. The van der Waals surface area contributed by atoms with Crippen molar-refractivity contribution in [2.75, 3.05) is 31.1 Å². The number of rotatable bonds is 6. The van der Waals surface area contributed by atoms with E-state index in [4.69, 9.17) is 16.3 Å². The van der Waals surface area contributed by atoms with Gasteiger partial charge < -0.3 is 19.9 Å². The van der Waals surface area contributed by atoms with E-state index in [1.165, 1.54) is 0 Å². The quantitative estimate of drug-likeness (QED) is 0.463. The van der Waals surface area contributed by atoms with Gasteiger partial charge >= 0.3 is 12.1 Å². The van der Waals surface area contributed by atoms with E-state index >= 15 is 0 Å². The second-order valence-corrected chi connectivity index (χ2v) is 10.0. The van der Waals surface area contributed by atoms with Crippen LogP contribution >= 0.6 is 11.6 Å². The molecule has 1 saturated heterocycles. The molecule has 0 saturated carbocycles. The highest BCUT2D eigenvalue weighted by atomic mass is 35.5. The van der Waals surface area contributed by atoms with Gasteiger partial charge in [-0.05, 0) is 56.9 Å². The number of alkyl carbamates (subject to hydrolysis) is 1. The number of nitrogens with one attached hydrogen (secondary N) is 2. The van der Waals surface area contributed by atoms with Crippen molar-refractivity contribution in [2.45, 2.75) is 46.1 Å². The Hall–Kier alpha value is -3.26. The van der Waals surface area contributed by atoms with Gasteiger partial charge in [0.1, 0.15) is 11.2 Å². The van der Waals surface area contributed by atoms with Crippen LogP contribution in [0.3, 0.4) is 0 Å². The molecule has 0 spiro atoms. The fraction of sp³-hybridized carbons (Fsp3) is 0.423. The first-order chi connectivity index (χ1) is 16.7. The maximum Gasteiger partial charge on any atom is 0.407 e. The second kappa shape index (κ2) is 10.2. The number of benzene rings is 1. The normalized spacial score (nSPS) is 14.5. The minimum absolute atomic E-state index is 0.0852. The molecule has 4 rings (SSSR count). The van der Waals surface area contributed by atoms with Crippen molar-refractivity contribution in [2.24, 2.45) is 0 Å². The van der Waals surface area contributed by atoms with Crippen LogP contribution in [0.2, 0.25) is 5.02 Å². The summed E-state index contributed by atoms with van der Waals surface area (Å²) in [5.41, 5.74) is 3.87. The van der Waals surface area contributed by atoms with E-state index in [1.54, 1.807) is 16.0 Å². The van der Waals surface area contributed by atoms with Gasteiger partial charge in [0.05, 0.1) is 5.02 Å². The Morgan fingerprint density at radius 1 is 1.29 bits per heavy atom. The van der Waals surface area contributed by atoms with Gasteiger partial charge in [0.2, 0.25) is 0 Å². The number of carbonyl (C=O) groups excluding carboxylic acids is 2. The van der Waals surface area contributed by atoms with Crippen molar-refractivity contribution in [1.29, 1.82) is 0 Å². The number of aryl methyl sites for hydroxylation is 1. The van der Waals surface area contributed by atoms with Crippen LogP contribution in [-0.2, 0) is 11.2 Å². The molecule has 3 aromatic rings. The smallest absolute Gasteiger partial charge is 0.407 e. The van der Waals surface area contributed by atoms with Crippen LogP contribution in [0, 0.1) is 0 Å². The molecule has 3 heterocycles. The summed E-state index contributed by atoms with van der Waals surface area (Å²) in [6, 6.07) is 7.73. The molecule has 2 N–H and O–H groups in total. The fourth-order valence-corrected chi connectivity index (χ4v) is 4.65. The van der Waals surface area contributed by atoms with E-state index in [1.807, 2.05) is 51.2 Å². The number of H-pyrrole nitrogens is 1. The van der Waals surface area contributed by atoms with Crippen LogP contribution in [0.4, 0.5) is 15.3 Å². The van der Waals surface area contributed by atoms with Crippen LogP contribution in [-0.4, -0.2) is 58.8 Å². The lowest BCUT2D eigenvalue weighted by atomic mass is 10.0. The maximum atomic E-state index is 13.2. The first-order valence-electron chi connectivity index (χ1n) is 12.0. The molecule has 2 aromatic heterocycles. The number of hydrogen-bond acceptors (Lipinski definition) is 4. The van der Waals surface area contributed by atoms with Crippen molar-refractivity contribution in [3.63, 3.8) is 0 Å². The van der Waals surface area contributed by atoms with Gasteiger partial charge in [-0.25, -0.2) is 14.6 Å². The molecular weight excluding hydrogens is 466 g/mol. The lowest BCUT2D eigenvalue weighted by molar-refractivity contribution is 0.0523. The Balaban J connectivity index is 1.49. The molecule has 0 radical (unpaired) electrons. The molecule has 0 unspecified atom stereocenters. The Kier molecular flexibility index (Phi) is 7.21.